The molecule has 1 heterocycles. The topological polar surface area (TPSA) is 72.9 Å². The molecule has 1 unspecified atom stereocenters. The minimum absolute atomic E-state index is 0.174. The van der Waals surface area contributed by atoms with E-state index in [4.69, 9.17) is 18.0 Å². The minimum atomic E-state index is -0.594. The van der Waals surface area contributed by atoms with Crippen molar-refractivity contribution in [3.05, 3.63) is 54.4 Å². The molecule has 1 aromatic heterocycles. The van der Waals surface area contributed by atoms with Crippen molar-refractivity contribution in [2.75, 3.05) is 6.54 Å². The Morgan fingerprint density at radius 2 is 2.10 bits per heavy atom. The molecule has 1 amide bonds. The quantitative estimate of drug-likeness (QED) is 0.780. The highest BCUT2D eigenvalue weighted by Gasteiger charge is 2.22. The second-order valence-electron chi connectivity index (χ2n) is 4.31. The lowest BCUT2D eigenvalue weighted by Crippen LogP contribution is -2.37. The minimum Gasteiger partial charge on any atom is -0.392 e. The Bertz CT molecular complexity index is 568. The molecular weight excluding hydrogens is 272 g/mol. The number of hydrogen-bond acceptors (Lipinski definition) is 3. The molecule has 0 fully saturated rings. The van der Waals surface area contributed by atoms with Gasteiger partial charge in [0.2, 0.25) is 5.91 Å². The van der Waals surface area contributed by atoms with Crippen LogP contribution in [-0.4, -0.2) is 27.2 Å². The van der Waals surface area contributed by atoms with E-state index >= 15 is 0 Å². The average molecular weight is 288 g/mol. The number of benzene rings is 1. The lowest BCUT2D eigenvalue weighted by Gasteiger charge is -2.15. The van der Waals surface area contributed by atoms with E-state index in [0.29, 0.717) is 13.1 Å². The van der Waals surface area contributed by atoms with Crippen molar-refractivity contribution in [1.29, 1.82) is 0 Å². The van der Waals surface area contributed by atoms with Crippen molar-refractivity contribution in [2.24, 2.45) is 5.73 Å². The highest BCUT2D eigenvalue weighted by molar-refractivity contribution is 7.80. The van der Waals surface area contributed by atoms with Crippen LogP contribution >= 0.6 is 12.2 Å². The number of nitrogens with two attached hydrogens (primary N) is 1. The molecule has 104 valence electrons. The van der Waals surface area contributed by atoms with Crippen LogP contribution in [0.2, 0.25) is 0 Å². The van der Waals surface area contributed by atoms with Crippen LogP contribution < -0.4 is 11.1 Å². The van der Waals surface area contributed by atoms with Gasteiger partial charge in [-0.1, -0.05) is 42.5 Å². The van der Waals surface area contributed by atoms with Crippen LogP contribution in [0.15, 0.2) is 48.8 Å². The van der Waals surface area contributed by atoms with Crippen LogP contribution in [0.25, 0.3) is 0 Å². The van der Waals surface area contributed by atoms with Gasteiger partial charge in [-0.25, -0.2) is 0 Å². The Balaban J connectivity index is 1.96. The monoisotopic (exact) mass is 288 g/mol. The second kappa shape index (κ2) is 6.81. The lowest BCUT2D eigenvalue weighted by atomic mass is 9.98. The van der Waals surface area contributed by atoms with Crippen LogP contribution in [0, 0.1) is 0 Å². The maximum atomic E-state index is 12.2. The Morgan fingerprint density at radius 3 is 2.70 bits per heavy atom. The second-order valence-corrected chi connectivity index (χ2v) is 4.78. The molecule has 0 radical (unpaired) electrons. The van der Waals surface area contributed by atoms with Crippen molar-refractivity contribution < 1.29 is 4.79 Å². The van der Waals surface area contributed by atoms with E-state index in [-0.39, 0.29) is 10.9 Å². The molecule has 0 bridgehead atoms. The van der Waals surface area contributed by atoms with Gasteiger partial charge in [0.05, 0.1) is 11.5 Å². The van der Waals surface area contributed by atoms with Crippen molar-refractivity contribution in [3.63, 3.8) is 0 Å². The molecule has 1 aromatic carbocycles. The zero-order valence-corrected chi connectivity index (χ0v) is 11.7. The Labute approximate surface area is 122 Å². The number of nitrogens with one attached hydrogen (secondary N) is 1. The summed E-state index contributed by atoms with van der Waals surface area (Å²) in [6.07, 6.45) is 3.54. The number of aromatic nitrogens is 2. The van der Waals surface area contributed by atoms with Crippen molar-refractivity contribution in [3.8, 4) is 0 Å². The normalized spacial score (nSPS) is 11.8. The van der Waals surface area contributed by atoms with E-state index in [1.807, 2.05) is 42.6 Å². The van der Waals surface area contributed by atoms with Gasteiger partial charge < -0.3 is 11.1 Å². The number of hydrogen-bond donors (Lipinski definition) is 2. The number of carbonyl (C=O) groups is 1. The average Bonchev–Trinajstić information content (AvgIpc) is 2.93. The maximum Gasteiger partial charge on any atom is 0.234 e. The van der Waals surface area contributed by atoms with Gasteiger partial charge in [-0.05, 0) is 11.6 Å². The highest BCUT2D eigenvalue weighted by Crippen LogP contribution is 2.15. The summed E-state index contributed by atoms with van der Waals surface area (Å²) in [6.45, 7) is 1.09. The summed E-state index contributed by atoms with van der Waals surface area (Å²) in [5.41, 5.74) is 6.49. The Morgan fingerprint density at radius 1 is 1.35 bits per heavy atom. The summed E-state index contributed by atoms with van der Waals surface area (Å²) in [5.74, 6) is -0.778. The van der Waals surface area contributed by atoms with E-state index in [2.05, 4.69) is 10.4 Å². The predicted octanol–water partition coefficient (Wildman–Crippen LogP) is 1.07. The first-order valence-corrected chi connectivity index (χ1v) is 6.68. The van der Waals surface area contributed by atoms with Gasteiger partial charge in [0.1, 0.15) is 5.92 Å². The molecule has 0 spiro atoms. The van der Waals surface area contributed by atoms with E-state index in [1.54, 1.807) is 10.9 Å². The molecule has 3 N–H and O–H groups in total. The molecule has 0 saturated carbocycles. The SMILES string of the molecule is NC(=S)C(C(=O)NCCn1cccn1)c1ccccc1. The van der Waals surface area contributed by atoms with E-state index in [9.17, 15) is 4.79 Å². The Hall–Kier alpha value is -2.21. The van der Waals surface area contributed by atoms with Crippen molar-refractivity contribution in [2.45, 2.75) is 12.5 Å². The largest absolute Gasteiger partial charge is 0.392 e. The van der Waals surface area contributed by atoms with Gasteiger partial charge >= 0.3 is 0 Å². The Kier molecular flexibility index (Phi) is 4.84. The number of carbonyl (C=O) groups excluding carboxylic acids is 1. The molecule has 1 atom stereocenters. The first-order valence-electron chi connectivity index (χ1n) is 6.28. The molecular formula is C14H16N4OS. The molecule has 2 rings (SSSR count). The van der Waals surface area contributed by atoms with Gasteiger partial charge in [0, 0.05) is 18.9 Å². The van der Waals surface area contributed by atoms with Gasteiger partial charge in [0.15, 0.2) is 0 Å². The van der Waals surface area contributed by atoms with Crippen molar-refractivity contribution in [1.82, 2.24) is 15.1 Å². The van der Waals surface area contributed by atoms with E-state index < -0.39 is 5.92 Å². The summed E-state index contributed by atoms with van der Waals surface area (Å²) >= 11 is 5.00. The maximum absolute atomic E-state index is 12.2. The van der Waals surface area contributed by atoms with Crippen LogP contribution in [0.5, 0.6) is 0 Å². The summed E-state index contributed by atoms with van der Waals surface area (Å²) in [5, 5.41) is 6.90. The summed E-state index contributed by atoms with van der Waals surface area (Å²) in [6, 6.07) is 11.1. The van der Waals surface area contributed by atoms with E-state index in [1.165, 1.54) is 0 Å². The highest BCUT2D eigenvalue weighted by atomic mass is 32.1. The van der Waals surface area contributed by atoms with Crippen LogP contribution in [0.4, 0.5) is 0 Å². The molecule has 6 heteroatoms. The third kappa shape index (κ3) is 3.64. The third-order valence-corrected chi connectivity index (χ3v) is 3.11. The fourth-order valence-corrected chi connectivity index (χ4v) is 2.16. The molecule has 5 nitrogen and oxygen atoms in total. The standard InChI is InChI=1S/C14H16N4OS/c15-13(20)12(11-5-2-1-3-6-11)14(19)16-8-10-18-9-4-7-17-18/h1-7,9,12H,8,10H2,(H2,15,20)(H,16,19). The summed E-state index contributed by atoms with van der Waals surface area (Å²) in [7, 11) is 0. The fraction of sp³-hybridized carbons (Fsp3) is 0.214. The predicted molar refractivity (Wildman–Crippen MR) is 81.2 cm³/mol. The smallest absolute Gasteiger partial charge is 0.234 e. The molecule has 0 saturated heterocycles. The van der Waals surface area contributed by atoms with Crippen molar-refractivity contribution >= 4 is 23.1 Å². The van der Waals surface area contributed by atoms with Crippen LogP contribution in [0.3, 0.4) is 0 Å². The summed E-state index contributed by atoms with van der Waals surface area (Å²) < 4.78 is 1.75. The molecule has 0 aliphatic carbocycles. The van der Waals surface area contributed by atoms with Gasteiger partial charge in [-0.2, -0.15) is 5.10 Å². The van der Waals surface area contributed by atoms with Crippen LogP contribution in [-0.2, 0) is 11.3 Å². The number of nitrogens with zero attached hydrogens (tertiary/aromatic N) is 2. The number of thiocarbonyl (C=S) groups is 1. The summed E-state index contributed by atoms with van der Waals surface area (Å²) in [4.78, 5) is 12.4. The molecule has 0 aliphatic rings. The number of rotatable bonds is 6. The van der Waals surface area contributed by atoms with Crippen LogP contribution in [0.1, 0.15) is 11.5 Å². The zero-order valence-electron chi connectivity index (χ0n) is 10.9. The molecule has 0 aliphatic heterocycles. The van der Waals surface area contributed by atoms with Gasteiger partial charge in [0.25, 0.3) is 0 Å². The van der Waals surface area contributed by atoms with Gasteiger partial charge in [-0.3, -0.25) is 9.48 Å². The fourth-order valence-electron chi connectivity index (χ4n) is 1.92. The van der Waals surface area contributed by atoms with Gasteiger partial charge in [-0.15, -0.1) is 0 Å². The first-order chi connectivity index (χ1) is 9.68. The zero-order chi connectivity index (χ0) is 14.4. The molecule has 20 heavy (non-hydrogen) atoms. The molecule has 2 aromatic rings. The first kappa shape index (κ1) is 14.2. The van der Waals surface area contributed by atoms with E-state index in [0.717, 1.165) is 5.56 Å². The third-order valence-electron chi connectivity index (χ3n) is 2.88. The number of amides is 1. The lowest BCUT2D eigenvalue weighted by molar-refractivity contribution is -0.121.